The summed E-state index contributed by atoms with van der Waals surface area (Å²) in [6.07, 6.45) is 1.90. The van der Waals surface area contributed by atoms with Crippen LogP contribution in [-0.2, 0) is 13.6 Å². The Kier molecular flexibility index (Phi) is 2.39. The fourth-order valence-electron chi connectivity index (χ4n) is 1.37. The molecule has 0 radical (unpaired) electrons. The van der Waals surface area contributed by atoms with E-state index in [0.29, 0.717) is 6.54 Å². The van der Waals surface area contributed by atoms with E-state index in [2.05, 4.69) is 24.2 Å². The lowest BCUT2D eigenvalue weighted by Gasteiger charge is -1.96. The summed E-state index contributed by atoms with van der Waals surface area (Å²) in [7, 11) is 1.95. The third kappa shape index (κ3) is 1.47. The van der Waals surface area contributed by atoms with Crippen molar-refractivity contribution in [2.75, 3.05) is 0 Å². The number of hydrogen-bond donors (Lipinski definition) is 1. The molecule has 2 rings (SSSR count). The van der Waals surface area contributed by atoms with Crippen LogP contribution in [0.15, 0.2) is 18.3 Å². The van der Waals surface area contributed by atoms with E-state index in [1.165, 1.54) is 21.0 Å². The number of hydrogen-bond acceptors (Lipinski definition) is 3. The normalized spacial score (nSPS) is 10.8. The van der Waals surface area contributed by atoms with Gasteiger partial charge >= 0.3 is 0 Å². The van der Waals surface area contributed by atoms with Crippen molar-refractivity contribution in [3.63, 3.8) is 0 Å². The Morgan fingerprint density at radius 3 is 2.79 bits per heavy atom. The molecule has 0 aromatic carbocycles. The Hall–Kier alpha value is -1.13. The molecule has 0 amide bonds. The highest BCUT2D eigenvalue weighted by atomic mass is 32.1. The van der Waals surface area contributed by atoms with Crippen LogP contribution in [0.5, 0.6) is 0 Å². The van der Waals surface area contributed by atoms with Crippen molar-refractivity contribution in [3.8, 4) is 10.4 Å². The molecule has 0 atom stereocenters. The summed E-state index contributed by atoms with van der Waals surface area (Å²) >= 11 is 1.74. The second-order valence-corrected chi connectivity index (χ2v) is 4.41. The van der Waals surface area contributed by atoms with Crippen LogP contribution in [0.1, 0.15) is 10.6 Å². The molecule has 0 unspecified atom stereocenters. The molecule has 3 nitrogen and oxygen atoms in total. The predicted molar refractivity (Wildman–Crippen MR) is 59.1 cm³/mol. The summed E-state index contributed by atoms with van der Waals surface area (Å²) in [6, 6.07) is 4.18. The summed E-state index contributed by atoms with van der Waals surface area (Å²) in [5.74, 6) is 0. The first kappa shape index (κ1) is 9.43. The zero-order valence-electron chi connectivity index (χ0n) is 8.32. The van der Waals surface area contributed by atoms with Crippen molar-refractivity contribution in [2.45, 2.75) is 13.5 Å². The predicted octanol–water partition coefficient (Wildman–Crippen LogP) is 1.92. The van der Waals surface area contributed by atoms with Crippen LogP contribution in [0.3, 0.4) is 0 Å². The maximum Gasteiger partial charge on any atom is 0.0579 e. The van der Waals surface area contributed by atoms with Crippen molar-refractivity contribution in [2.24, 2.45) is 12.8 Å². The topological polar surface area (TPSA) is 43.8 Å². The third-order valence-corrected chi connectivity index (χ3v) is 3.50. The lowest BCUT2D eigenvalue weighted by Crippen LogP contribution is -1.92. The molecule has 74 valence electrons. The molecule has 0 spiro atoms. The Balaban J connectivity index is 2.44. The Bertz CT molecular complexity index is 442. The monoisotopic (exact) mass is 207 g/mol. The lowest BCUT2D eigenvalue weighted by molar-refractivity contribution is 0.740. The van der Waals surface area contributed by atoms with Crippen molar-refractivity contribution >= 4 is 11.3 Å². The van der Waals surface area contributed by atoms with Crippen LogP contribution in [0.4, 0.5) is 0 Å². The van der Waals surface area contributed by atoms with Gasteiger partial charge in [-0.2, -0.15) is 5.10 Å². The minimum absolute atomic E-state index is 0.615. The zero-order valence-corrected chi connectivity index (χ0v) is 9.14. The smallest absolute Gasteiger partial charge is 0.0579 e. The maximum atomic E-state index is 5.57. The van der Waals surface area contributed by atoms with Crippen molar-refractivity contribution in [3.05, 3.63) is 28.9 Å². The standard InChI is InChI=1S/C10H13N3S/c1-7-9(6-12-13(7)2)10-4-3-8(5-11)14-10/h3-4,6H,5,11H2,1-2H3. The van der Waals surface area contributed by atoms with Gasteiger partial charge in [-0.25, -0.2) is 0 Å². The average Bonchev–Trinajstić information content (AvgIpc) is 2.75. The number of rotatable bonds is 2. The van der Waals surface area contributed by atoms with E-state index < -0.39 is 0 Å². The highest BCUT2D eigenvalue weighted by Crippen LogP contribution is 2.29. The van der Waals surface area contributed by atoms with Gasteiger partial charge < -0.3 is 5.73 Å². The fraction of sp³-hybridized carbons (Fsp3) is 0.300. The molecule has 0 fully saturated rings. The van der Waals surface area contributed by atoms with Crippen LogP contribution in [0.2, 0.25) is 0 Å². The minimum atomic E-state index is 0.615. The van der Waals surface area contributed by atoms with Gasteiger partial charge in [0.2, 0.25) is 0 Å². The number of thiophene rings is 1. The number of aromatic nitrogens is 2. The van der Waals surface area contributed by atoms with Gasteiger partial charge in [-0.3, -0.25) is 4.68 Å². The van der Waals surface area contributed by atoms with Gasteiger partial charge in [0.25, 0.3) is 0 Å². The van der Waals surface area contributed by atoms with Crippen LogP contribution in [-0.4, -0.2) is 9.78 Å². The van der Waals surface area contributed by atoms with E-state index in [0.717, 1.165) is 0 Å². The largest absolute Gasteiger partial charge is 0.326 e. The second kappa shape index (κ2) is 3.55. The summed E-state index contributed by atoms with van der Waals surface area (Å²) in [5, 5.41) is 4.22. The molecule has 0 aliphatic carbocycles. The molecule has 0 bridgehead atoms. The van der Waals surface area contributed by atoms with E-state index in [1.54, 1.807) is 11.3 Å². The third-order valence-electron chi connectivity index (χ3n) is 2.36. The lowest BCUT2D eigenvalue weighted by atomic mass is 10.2. The molecule has 0 saturated carbocycles. The molecule has 4 heteroatoms. The molecule has 2 N–H and O–H groups in total. The first-order valence-corrected chi connectivity index (χ1v) is 5.31. The van der Waals surface area contributed by atoms with Crippen LogP contribution < -0.4 is 5.73 Å². The number of nitrogens with two attached hydrogens (primary N) is 1. The van der Waals surface area contributed by atoms with Gasteiger partial charge in [-0.1, -0.05) is 0 Å². The average molecular weight is 207 g/mol. The van der Waals surface area contributed by atoms with Crippen LogP contribution in [0.25, 0.3) is 10.4 Å². The highest BCUT2D eigenvalue weighted by Gasteiger charge is 2.08. The maximum absolute atomic E-state index is 5.57. The van der Waals surface area contributed by atoms with Gasteiger partial charge in [-0.05, 0) is 19.1 Å². The molecule has 2 aromatic rings. The Labute approximate surface area is 87.2 Å². The summed E-state index contributed by atoms with van der Waals surface area (Å²) in [4.78, 5) is 2.46. The van der Waals surface area contributed by atoms with Crippen LogP contribution in [0, 0.1) is 6.92 Å². The minimum Gasteiger partial charge on any atom is -0.326 e. The fourth-order valence-corrected chi connectivity index (χ4v) is 2.32. The van der Waals surface area contributed by atoms with Crippen LogP contribution >= 0.6 is 11.3 Å². The van der Waals surface area contributed by atoms with Gasteiger partial charge in [-0.15, -0.1) is 11.3 Å². The zero-order chi connectivity index (χ0) is 10.1. The van der Waals surface area contributed by atoms with E-state index in [-0.39, 0.29) is 0 Å². The first-order valence-electron chi connectivity index (χ1n) is 4.50. The molecule has 14 heavy (non-hydrogen) atoms. The molecule has 0 saturated heterocycles. The van der Waals surface area contributed by atoms with E-state index in [1.807, 2.05) is 17.9 Å². The molecule has 2 heterocycles. The molecular formula is C10H13N3S. The summed E-state index contributed by atoms with van der Waals surface area (Å²) < 4.78 is 1.89. The Morgan fingerprint density at radius 1 is 1.50 bits per heavy atom. The SMILES string of the molecule is Cc1c(-c2ccc(CN)s2)cnn1C. The molecule has 0 aliphatic rings. The van der Waals surface area contributed by atoms with Gasteiger partial charge in [0.15, 0.2) is 0 Å². The van der Waals surface area contributed by atoms with Crippen molar-refractivity contribution in [1.82, 2.24) is 9.78 Å². The van der Waals surface area contributed by atoms with E-state index in [4.69, 9.17) is 5.73 Å². The first-order chi connectivity index (χ1) is 6.72. The number of aryl methyl sites for hydroxylation is 1. The van der Waals surface area contributed by atoms with Crippen molar-refractivity contribution in [1.29, 1.82) is 0 Å². The number of nitrogens with zero attached hydrogens (tertiary/aromatic N) is 2. The Morgan fingerprint density at radius 2 is 2.29 bits per heavy atom. The van der Waals surface area contributed by atoms with E-state index >= 15 is 0 Å². The summed E-state index contributed by atoms with van der Waals surface area (Å²) in [5.41, 5.74) is 7.97. The quantitative estimate of drug-likeness (QED) is 0.817. The second-order valence-electron chi connectivity index (χ2n) is 3.24. The van der Waals surface area contributed by atoms with Crippen molar-refractivity contribution < 1.29 is 0 Å². The highest BCUT2D eigenvalue weighted by molar-refractivity contribution is 7.15. The van der Waals surface area contributed by atoms with E-state index in [9.17, 15) is 0 Å². The molecule has 2 aromatic heterocycles. The van der Waals surface area contributed by atoms with Gasteiger partial charge in [0, 0.05) is 34.6 Å². The summed E-state index contributed by atoms with van der Waals surface area (Å²) in [6.45, 7) is 2.69. The molecule has 0 aliphatic heterocycles. The van der Waals surface area contributed by atoms with Gasteiger partial charge in [0.1, 0.15) is 0 Å². The van der Waals surface area contributed by atoms with Gasteiger partial charge in [0.05, 0.1) is 6.20 Å². The molecular weight excluding hydrogens is 194 g/mol.